The Hall–Kier alpha value is -2.79. The Morgan fingerprint density at radius 2 is 2.11 bits per heavy atom. The molecule has 0 unspecified atom stereocenters. The highest BCUT2D eigenvalue weighted by atomic mass is 32.2. The SMILES string of the molecule is Cc1nnc(NS(=O)(=O)c2ccc3c(c2)CN(C(=O)c2ccon2)CC3)s1. The topological polar surface area (TPSA) is 118 Å². The lowest BCUT2D eigenvalue weighted by molar-refractivity contribution is 0.0724. The predicted octanol–water partition coefficient (Wildman–Crippen LogP) is 1.83. The number of hydrogen-bond acceptors (Lipinski definition) is 8. The number of amides is 1. The van der Waals surface area contributed by atoms with Gasteiger partial charge in [-0.1, -0.05) is 22.6 Å². The van der Waals surface area contributed by atoms with Gasteiger partial charge in [0.2, 0.25) is 5.13 Å². The fourth-order valence-corrected chi connectivity index (χ4v) is 4.74. The Balaban J connectivity index is 1.58. The third kappa shape index (κ3) is 3.55. The van der Waals surface area contributed by atoms with Crippen LogP contribution in [0.5, 0.6) is 0 Å². The molecule has 0 radical (unpaired) electrons. The van der Waals surface area contributed by atoms with Gasteiger partial charge >= 0.3 is 0 Å². The number of nitrogens with one attached hydrogen (secondary N) is 1. The van der Waals surface area contributed by atoms with E-state index >= 15 is 0 Å². The molecule has 2 aromatic heterocycles. The molecule has 0 aliphatic carbocycles. The van der Waals surface area contributed by atoms with Crippen molar-refractivity contribution in [2.24, 2.45) is 0 Å². The van der Waals surface area contributed by atoms with E-state index in [4.69, 9.17) is 4.52 Å². The number of carbonyl (C=O) groups excluding carboxylic acids is 1. The van der Waals surface area contributed by atoms with Crippen molar-refractivity contribution < 1.29 is 17.7 Å². The normalized spacial score (nSPS) is 14.0. The highest BCUT2D eigenvalue weighted by molar-refractivity contribution is 7.93. The second-order valence-corrected chi connectivity index (χ2v) is 8.89. The van der Waals surface area contributed by atoms with Crippen molar-refractivity contribution in [2.75, 3.05) is 11.3 Å². The van der Waals surface area contributed by atoms with Crippen LogP contribution in [0.15, 0.2) is 39.9 Å². The minimum absolute atomic E-state index is 0.116. The number of nitrogens with zero attached hydrogens (tertiary/aromatic N) is 4. The average molecular weight is 405 g/mol. The first-order valence-electron chi connectivity index (χ1n) is 8.07. The monoisotopic (exact) mass is 405 g/mol. The molecule has 0 saturated heterocycles. The number of benzene rings is 1. The molecule has 0 bridgehead atoms. The number of anilines is 1. The van der Waals surface area contributed by atoms with Gasteiger partial charge in [-0.25, -0.2) is 8.42 Å². The lowest BCUT2D eigenvalue weighted by atomic mass is 9.99. The molecule has 1 aliphatic heterocycles. The quantitative estimate of drug-likeness (QED) is 0.703. The molecule has 1 amide bonds. The van der Waals surface area contributed by atoms with Crippen LogP contribution in [0.1, 0.15) is 26.6 Å². The van der Waals surface area contributed by atoms with Crippen LogP contribution in [0, 0.1) is 6.92 Å². The van der Waals surface area contributed by atoms with Crippen molar-refractivity contribution in [1.82, 2.24) is 20.3 Å². The molecule has 27 heavy (non-hydrogen) atoms. The summed E-state index contributed by atoms with van der Waals surface area (Å²) in [6.45, 7) is 2.59. The summed E-state index contributed by atoms with van der Waals surface area (Å²) in [5.41, 5.74) is 2.04. The van der Waals surface area contributed by atoms with Gasteiger partial charge in [0.1, 0.15) is 11.3 Å². The van der Waals surface area contributed by atoms with Gasteiger partial charge in [-0.15, -0.1) is 10.2 Å². The van der Waals surface area contributed by atoms with E-state index in [0.717, 1.165) is 22.5 Å². The Morgan fingerprint density at radius 1 is 1.26 bits per heavy atom. The number of carbonyl (C=O) groups is 1. The third-order valence-corrected chi connectivity index (χ3v) is 6.41. The van der Waals surface area contributed by atoms with Crippen LogP contribution in [-0.4, -0.2) is 41.1 Å². The Bertz CT molecular complexity index is 1090. The second-order valence-electron chi connectivity index (χ2n) is 6.02. The van der Waals surface area contributed by atoms with Gasteiger partial charge in [0.05, 0.1) is 4.90 Å². The largest absolute Gasteiger partial charge is 0.364 e. The number of rotatable bonds is 4. The van der Waals surface area contributed by atoms with E-state index in [1.165, 1.54) is 12.3 Å². The van der Waals surface area contributed by atoms with Gasteiger partial charge in [0.15, 0.2) is 5.69 Å². The summed E-state index contributed by atoms with van der Waals surface area (Å²) < 4.78 is 32.4. The van der Waals surface area contributed by atoms with Crippen molar-refractivity contribution in [3.63, 3.8) is 0 Å². The van der Waals surface area contributed by atoms with Crippen LogP contribution >= 0.6 is 11.3 Å². The summed E-state index contributed by atoms with van der Waals surface area (Å²) >= 11 is 1.16. The third-order valence-electron chi connectivity index (χ3n) is 4.19. The maximum absolute atomic E-state index is 12.6. The summed E-state index contributed by atoms with van der Waals surface area (Å²) in [6, 6.07) is 6.44. The van der Waals surface area contributed by atoms with Crippen LogP contribution in [-0.2, 0) is 23.0 Å². The molecule has 4 rings (SSSR count). The molecule has 0 saturated carbocycles. The van der Waals surface area contributed by atoms with Crippen molar-refractivity contribution in [3.8, 4) is 0 Å². The van der Waals surface area contributed by atoms with Crippen molar-refractivity contribution in [3.05, 3.63) is 52.4 Å². The Labute approximate surface area is 159 Å². The smallest absolute Gasteiger partial charge is 0.276 e. The van der Waals surface area contributed by atoms with Gasteiger partial charge in [-0.3, -0.25) is 9.52 Å². The number of aromatic nitrogens is 3. The zero-order chi connectivity index (χ0) is 19.0. The standard InChI is InChI=1S/C16H15N5O4S2/c1-10-17-18-16(26-10)20-27(23,24)13-3-2-11-4-6-21(9-12(11)8-13)15(22)14-5-7-25-19-14/h2-3,5,7-8H,4,6,9H2,1H3,(H,18,20). The van der Waals surface area contributed by atoms with E-state index in [0.29, 0.717) is 24.5 Å². The predicted molar refractivity (Wildman–Crippen MR) is 96.8 cm³/mol. The highest BCUT2D eigenvalue weighted by Gasteiger charge is 2.25. The number of hydrogen-bond donors (Lipinski definition) is 1. The average Bonchev–Trinajstić information content (AvgIpc) is 3.32. The van der Waals surface area contributed by atoms with Crippen LogP contribution < -0.4 is 4.72 Å². The highest BCUT2D eigenvalue weighted by Crippen LogP contribution is 2.25. The molecule has 1 aromatic carbocycles. The summed E-state index contributed by atoms with van der Waals surface area (Å²) in [5.74, 6) is -0.245. The van der Waals surface area contributed by atoms with Crippen molar-refractivity contribution in [2.45, 2.75) is 24.8 Å². The number of fused-ring (bicyclic) bond motifs is 1. The summed E-state index contributed by atoms with van der Waals surface area (Å²) in [6.07, 6.45) is 1.99. The molecule has 0 spiro atoms. The molecule has 1 aliphatic rings. The molecule has 3 aromatic rings. The van der Waals surface area contributed by atoms with E-state index in [-0.39, 0.29) is 21.6 Å². The molecule has 140 valence electrons. The molecular weight excluding hydrogens is 390 g/mol. The summed E-state index contributed by atoms with van der Waals surface area (Å²) in [5, 5.41) is 12.1. The minimum Gasteiger partial charge on any atom is -0.364 e. The molecule has 9 nitrogen and oxygen atoms in total. The Kier molecular flexibility index (Phi) is 4.40. The fraction of sp³-hybridized carbons (Fsp3) is 0.250. The summed E-state index contributed by atoms with van der Waals surface area (Å²) in [7, 11) is -3.79. The van der Waals surface area contributed by atoms with E-state index in [2.05, 4.69) is 20.1 Å². The van der Waals surface area contributed by atoms with Crippen LogP contribution in [0.25, 0.3) is 0 Å². The van der Waals surface area contributed by atoms with Gasteiger partial charge in [0, 0.05) is 19.2 Å². The maximum atomic E-state index is 12.6. The second kappa shape index (κ2) is 6.74. The molecule has 0 atom stereocenters. The van der Waals surface area contributed by atoms with Crippen LogP contribution in [0.3, 0.4) is 0 Å². The summed E-state index contributed by atoms with van der Waals surface area (Å²) in [4.78, 5) is 14.2. The van der Waals surface area contributed by atoms with Gasteiger partial charge in [0.25, 0.3) is 15.9 Å². The first-order valence-corrected chi connectivity index (χ1v) is 10.4. The van der Waals surface area contributed by atoms with Crippen LogP contribution in [0.2, 0.25) is 0 Å². The van der Waals surface area contributed by atoms with Gasteiger partial charge < -0.3 is 9.42 Å². The van der Waals surface area contributed by atoms with Gasteiger partial charge in [-0.05, 0) is 36.6 Å². The van der Waals surface area contributed by atoms with E-state index in [9.17, 15) is 13.2 Å². The molecule has 1 N–H and O–H groups in total. The zero-order valence-corrected chi connectivity index (χ0v) is 15.9. The van der Waals surface area contributed by atoms with Gasteiger partial charge in [-0.2, -0.15) is 0 Å². The molecule has 11 heteroatoms. The molecule has 3 heterocycles. The maximum Gasteiger partial charge on any atom is 0.276 e. The van der Waals surface area contributed by atoms with E-state index < -0.39 is 10.0 Å². The zero-order valence-electron chi connectivity index (χ0n) is 14.2. The van der Waals surface area contributed by atoms with Crippen LogP contribution in [0.4, 0.5) is 5.13 Å². The first-order chi connectivity index (χ1) is 12.9. The van der Waals surface area contributed by atoms with Crippen molar-refractivity contribution in [1.29, 1.82) is 0 Å². The lowest BCUT2D eigenvalue weighted by Crippen LogP contribution is -2.36. The lowest BCUT2D eigenvalue weighted by Gasteiger charge is -2.28. The number of aryl methyl sites for hydroxylation is 1. The minimum atomic E-state index is -3.79. The molecular formula is C16H15N5O4S2. The Morgan fingerprint density at radius 3 is 2.81 bits per heavy atom. The number of sulfonamides is 1. The first kappa shape index (κ1) is 17.6. The van der Waals surface area contributed by atoms with Crippen molar-refractivity contribution >= 4 is 32.4 Å². The fourth-order valence-electron chi connectivity index (χ4n) is 2.87. The van der Waals surface area contributed by atoms with E-state index in [1.807, 2.05) is 0 Å². The molecule has 0 fully saturated rings. The van der Waals surface area contributed by atoms with E-state index in [1.54, 1.807) is 30.0 Å².